The number of amides is 1. The number of ketones is 1. The van der Waals surface area contributed by atoms with Crippen LogP contribution in [0, 0.1) is 13.8 Å². The maximum absolute atomic E-state index is 13.4. The number of aryl methyl sites for hydroxylation is 2. The lowest BCUT2D eigenvalue weighted by atomic mass is 10.0. The van der Waals surface area contributed by atoms with Gasteiger partial charge in [-0.3, -0.25) is 14.4 Å². The van der Waals surface area contributed by atoms with Gasteiger partial charge in [-0.1, -0.05) is 35.9 Å². The Morgan fingerprint density at radius 2 is 1.74 bits per heavy atom. The van der Waals surface area contributed by atoms with E-state index in [0.29, 0.717) is 32.8 Å². The van der Waals surface area contributed by atoms with Crippen LogP contribution in [0.4, 0.5) is 5.69 Å². The molecule has 1 N–H and O–H groups in total. The number of halogens is 1. The molecule has 34 heavy (non-hydrogen) atoms. The Balaban J connectivity index is 1.71. The topological polar surface area (TPSA) is 85.6 Å². The van der Waals surface area contributed by atoms with E-state index >= 15 is 0 Å². The summed E-state index contributed by atoms with van der Waals surface area (Å²) < 4.78 is 11.8. The van der Waals surface area contributed by atoms with Gasteiger partial charge >= 0.3 is 0 Å². The number of fused-ring (bicyclic) bond motifs is 1. The number of rotatable bonds is 6. The average Bonchev–Trinajstić information content (AvgIpc) is 2.80. The smallest absolute Gasteiger partial charge is 0.262 e. The maximum atomic E-state index is 13.4. The molecule has 172 valence electrons. The minimum absolute atomic E-state index is 0.100. The third-order valence-corrected chi connectivity index (χ3v) is 5.81. The first-order valence-corrected chi connectivity index (χ1v) is 11.0. The van der Waals surface area contributed by atoms with Crippen LogP contribution in [-0.2, 0) is 4.79 Å². The van der Waals surface area contributed by atoms with Crippen LogP contribution in [-0.4, -0.2) is 18.3 Å². The normalized spacial score (nSPS) is 10.8. The highest BCUT2D eigenvalue weighted by Crippen LogP contribution is 2.35. The van der Waals surface area contributed by atoms with Crippen molar-refractivity contribution in [3.8, 4) is 17.1 Å². The molecular formula is C27H22ClNO5. The van der Waals surface area contributed by atoms with Gasteiger partial charge in [-0.05, 0) is 68.3 Å². The van der Waals surface area contributed by atoms with E-state index < -0.39 is 17.9 Å². The Kier molecular flexibility index (Phi) is 6.52. The van der Waals surface area contributed by atoms with E-state index in [4.69, 9.17) is 20.8 Å². The molecule has 0 aliphatic rings. The molecule has 3 aromatic carbocycles. The summed E-state index contributed by atoms with van der Waals surface area (Å²) in [5, 5.41) is 3.41. The van der Waals surface area contributed by atoms with Crippen LogP contribution in [0.2, 0.25) is 5.02 Å². The number of hydrogen-bond donors (Lipinski definition) is 1. The third-order valence-electron chi connectivity index (χ3n) is 5.48. The van der Waals surface area contributed by atoms with Gasteiger partial charge in [-0.15, -0.1) is 0 Å². The van der Waals surface area contributed by atoms with E-state index in [1.165, 1.54) is 6.92 Å². The largest absolute Gasteiger partial charge is 0.476 e. The van der Waals surface area contributed by atoms with Crippen LogP contribution in [0.15, 0.2) is 69.9 Å². The second-order valence-corrected chi connectivity index (χ2v) is 8.38. The second kappa shape index (κ2) is 9.53. The predicted octanol–water partition coefficient (Wildman–Crippen LogP) is 5.95. The SMILES string of the molecule is CC(=O)c1cccc(NC(=O)COc2c(-c3ccccc3Cl)oc3cc(C)c(C)cc3c2=O)c1. The van der Waals surface area contributed by atoms with Crippen molar-refractivity contribution in [1.82, 2.24) is 0 Å². The van der Waals surface area contributed by atoms with Crippen molar-refractivity contribution in [1.29, 1.82) is 0 Å². The van der Waals surface area contributed by atoms with Crippen LogP contribution < -0.4 is 15.5 Å². The number of ether oxygens (including phenoxy) is 1. The minimum atomic E-state index is -0.495. The van der Waals surface area contributed by atoms with Gasteiger partial charge in [0.1, 0.15) is 5.58 Å². The van der Waals surface area contributed by atoms with Gasteiger partial charge in [0.2, 0.25) is 11.2 Å². The lowest BCUT2D eigenvalue weighted by molar-refractivity contribution is -0.118. The Morgan fingerprint density at radius 1 is 1.00 bits per heavy atom. The van der Waals surface area contributed by atoms with Crippen LogP contribution >= 0.6 is 11.6 Å². The molecule has 0 saturated heterocycles. The zero-order chi connectivity index (χ0) is 24.4. The molecule has 0 spiro atoms. The van der Waals surface area contributed by atoms with E-state index in [-0.39, 0.29) is 17.3 Å². The van der Waals surface area contributed by atoms with Crippen LogP contribution in [0.5, 0.6) is 5.75 Å². The average molecular weight is 476 g/mol. The standard InChI is InChI=1S/C27H22ClNO5/c1-15-11-21-23(12-16(15)2)34-26(20-9-4-5-10-22(20)28)27(25(21)32)33-14-24(31)29-19-8-6-7-18(13-19)17(3)30/h4-13H,14H2,1-3H3,(H,29,31). The number of benzene rings is 3. The van der Waals surface area contributed by atoms with Crippen LogP contribution in [0.3, 0.4) is 0 Å². The van der Waals surface area contributed by atoms with Crippen LogP contribution in [0.25, 0.3) is 22.3 Å². The maximum Gasteiger partial charge on any atom is 0.262 e. The van der Waals surface area contributed by atoms with Gasteiger partial charge in [0, 0.05) is 16.8 Å². The van der Waals surface area contributed by atoms with E-state index in [1.54, 1.807) is 60.7 Å². The molecule has 0 aliphatic heterocycles. The first kappa shape index (κ1) is 23.3. The Hall–Kier alpha value is -3.90. The monoisotopic (exact) mass is 475 g/mol. The Bertz CT molecular complexity index is 1490. The van der Waals surface area contributed by atoms with Crippen molar-refractivity contribution in [3.63, 3.8) is 0 Å². The summed E-state index contributed by atoms with van der Waals surface area (Å²) in [7, 11) is 0. The van der Waals surface area contributed by atoms with Gasteiger partial charge in [-0.2, -0.15) is 0 Å². The highest BCUT2D eigenvalue weighted by Gasteiger charge is 2.21. The summed E-state index contributed by atoms with van der Waals surface area (Å²) in [6.45, 7) is 4.84. The van der Waals surface area contributed by atoms with Gasteiger partial charge in [0.05, 0.1) is 10.4 Å². The molecule has 0 bridgehead atoms. The van der Waals surface area contributed by atoms with Gasteiger partial charge in [0.25, 0.3) is 5.91 Å². The van der Waals surface area contributed by atoms with Crippen LogP contribution in [0.1, 0.15) is 28.4 Å². The molecule has 4 rings (SSSR count). The fraction of sp³-hybridized carbons (Fsp3) is 0.148. The Morgan fingerprint density at radius 3 is 2.47 bits per heavy atom. The van der Waals surface area contributed by atoms with Gasteiger partial charge in [0.15, 0.2) is 18.2 Å². The number of carbonyl (C=O) groups excluding carboxylic acids is 2. The first-order chi connectivity index (χ1) is 16.2. The molecule has 0 aliphatic carbocycles. The molecular weight excluding hydrogens is 454 g/mol. The summed E-state index contributed by atoms with van der Waals surface area (Å²) >= 11 is 6.38. The van der Waals surface area contributed by atoms with Crippen molar-refractivity contribution in [3.05, 3.63) is 92.6 Å². The van der Waals surface area contributed by atoms with E-state index in [0.717, 1.165) is 11.1 Å². The first-order valence-electron chi connectivity index (χ1n) is 10.6. The number of nitrogens with one attached hydrogen (secondary N) is 1. The third kappa shape index (κ3) is 4.72. The number of Topliss-reactive ketones (excluding diaryl/α,β-unsaturated/α-hetero) is 1. The fourth-order valence-electron chi connectivity index (χ4n) is 3.54. The summed E-state index contributed by atoms with van der Waals surface area (Å²) in [5.41, 5.74) is 3.31. The summed E-state index contributed by atoms with van der Waals surface area (Å²) in [5.74, 6) is -0.560. The van der Waals surface area contributed by atoms with E-state index in [2.05, 4.69) is 5.32 Å². The number of hydrogen-bond acceptors (Lipinski definition) is 5. The van der Waals surface area contributed by atoms with E-state index in [9.17, 15) is 14.4 Å². The van der Waals surface area contributed by atoms with Gasteiger partial charge < -0.3 is 14.5 Å². The van der Waals surface area contributed by atoms with Crippen molar-refractivity contribution < 1.29 is 18.7 Å². The number of carbonyl (C=O) groups is 2. The lowest BCUT2D eigenvalue weighted by Crippen LogP contribution is -2.22. The molecule has 0 atom stereocenters. The molecule has 6 nitrogen and oxygen atoms in total. The molecule has 1 heterocycles. The lowest BCUT2D eigenvalue weighted by Gasteiger charge is -2.13. The van der Waals surface area contributed by atoms with E-state index in [1.807, 2.05) is 13.8 Å². The Labute approximate surface area is 201 Å². The second-order valence-electron chi connectivity index (χ2n) is 7.98. The van der Waals surface area contributed by atoms with Crippen molar-refractivity contribution in [2.24, 2.45) is 0 Å². The summed E-state index contributed by atoms with van der Waals surface area (Å²) in [4.78, 5) is 37.6. The molecule has 1 aromatic heterocycles. The molecule has 0 radical (unpaired) electrons. The quantitative estimate of drug-likeness (QED) is 0.348. The molecule has 0 unspecified atom stereocenters. The molecule has 4 aromatic rings. The molecule has 7 heteroatoms. The fourth-order valence-corrected chi connectivity index (χ4v) is 3.76. The molecule has 1 amide bonds. The zero-order valence-corrected chi connectivity index (χ0v) is 19.7. The number of anilines is 1. The summed E-state index contributed by atoms with van der Waals surface area (Å²) in [6.07, 6.45) is 0. The van der Waals surface area contributed by atoms with Gasteiger partial charge in [-0.25, -0.2) is 0 Å². The zero-order valence-electron chi connectivity index (χ0n) is 18.9. The van der Waals surface area contributed by atoms with Crippen molar-refractivity contribution in [2.75, 3.05) is 11.9 Å². The highest BCUT2D eigenvalue weighted by molar-refractivity contribution is 6.33. The minimum Gasteiger partial charge on any atom is -0.476 e. The summed E-state index contributed by atoms with van der Waals surface area (Å²) in [6, 6.07) is 17.0. The van der Waals surface area contributed by atoms with Crippen molar-refractivity contribution >= 4 is 39.9 Å². The van der Waals surface area contributed by atoms with Crippen molar-refractivity contribution in [2.45, 2.75) is 20.8 Å². The highest BCUT2D eigenvalue weighted by atomic mass is 35.5. The predicted molar refractivity (Wildman–Crippen MR) is 133 cm³/mol. The molecule has 0 fully saturated rings. The molecule has 0 saturated carbocycles.